The first-order valence-corrected chi connectivity index (χ1v) is 9.34. The van der Waals surface area contributed by atoms with E-state index in [0.29, 0.717) is 13.1 Å². The average molecular weight is 369 g/mol. The molecule has 0 aromatic heterocycles. The van der Waals surface area contributed by atoms with Gasteiger partial charge in [-0.3, -0.25) is 0 Å². The van der Waals surface area contributed by atoms with E-state index < -0.39 is 0 Å². The number of hydrogen-bond donors (Lipinski definition) is 1. The van der Waals surface area contributed by atoms with Crippen molar-refractivity contribution in [1.82, 2.24) is 10.2 Å². The first-order valence-electron chi connectivity index (χ1n) is 9.34. The molecule has 3 rings (SSSR count). The maximum atomic E-state index is 12.4. The zero-order chi connectivity index (χ0) is 19.1. The van der Waals surface area contributed by atoms with Gasteiger partial charge >= 0.3 is 6.03 Å². The van der Waals surface area contributed by atoms with E-state index in [-0.39, 0.29) is 12.8 Å². The molecule has 0 atom stereocenters. The lowest BCUT2D eigenvalue weighted by atomic mass is 10.1. The van der Waals surface area contributed by atoms with E-state index >= 15 is 0 Å². The number of benzene rings is 2. The number of hydrogen-bond acceptors (Lipinski definition) is 4. The molecule has 1 N–H and O–H groups in total. The molecule has 6 heteroatoms. The van der Waals surface area contributed by atoms with Crippen LogP contribution in [-0.2, 0) is 6.42 Å². The molecule has 0 unspecified atom stereocenters. The van der Waals surface area contributed by atoms with E-state index in [4.69, 9.17) is 9.47 Å². The van der Waals surface area contributed by atoms with Crippen LogP contribution in [0.4, 0.5) is 10.5 Å². The molecule has 2 aromatic carbocycles. The first kappa shape index (κ1) is 18.9. The van der Waals surface area contributed by atoms with Crippen LogP contribution in [-0.4, -0.2) is 51.0 Å². The standard InChI is InChI=1S/C21H27N3O3/c1-3-17-8-4-6-10-19(17)27-16-22-21(25)24-14-12-23(13-15-24)18-9-5-7-11-20(18)26-2/h4-11H,3,12-16H2,1-2H3,(H,22,25). The Hall–Kier alpha value is -2.89. The van der Waals surface area contributed by atoms with Crippen molar-refractivity contribution >= 4 is 11.7 Å². The summed E-state index contributed by atoms with van der Waals surface area (Å²) in [4.78, 5) is 16.5. The molecule has 1 fully saturated rings. The number of nitrogens with one attached hydrogen (secondary N) is 1. The second-order valence-electron chi connectivity index (χ2n) is 6.38. The van der Waals surface area contributed by atoms with E-state index in [1.54, 1.807) is 7.11 Å². The zero-order valence-electron chi connectivity index (χ0n) is 16.0. The highest BCUT2D eigenvalue weighted by atomic mass is 16.5. The maximum Gasteiger partial charge on any atom is 0.320 e. The second-order valence-corrected chi connectivity index (χ2v) is 6.38. The SMILES string of the molecule is CCc1ccccc1OCNC(=O)N1CCN(c2ccccc2OC)CC1. The molecule has 144 valence electrons. The molecule has 0 aliphatic carbocycles. The van der Waals surface area contributed by atoms with Gasteiger partial charge in [0.2, 0.25) is 0 Å². The van der Waals surface area contributed by atoms with Crippen LogP contribution in [0.2, 0.25) is 0 Å². The van der Waals surface area contributed by atoms with Crippen molar-refractivity contribution in [3.05, 3.63) is 54.1 Å². The van der Waals surface area contributed by atoms with Gasteiger partial charge in [0, 0.05) is 26.2 Å². The number of urea groups is 1. The van der Waals surface area contributed by atoms with Crippen molar-refractivity contribution in [3.63, 3.8) is 0 Å². The predicted molar refractivity (Wildman–Crippen MR) is 107 cm³/mol. The number of carbonyl (C=O) groups is 1. The summed E-state index contributed by atoms with van der Waals surface area (Å²) in [7, 11) is 1.68. The van der Waals surface area contributed by atoms with Crippen molar-refractivity contribution in [2.45, 2.75) is 13.3 Å². The lowest BCUT2D eigenvalue weighted by Gasteiger charge is -2.36. The van der Waals surface area contributed by atoms with E-state index in [9.17, 15) is 4.79 Å². The van der Waals surface area contributed by atoms with E-state index in [1.807, 2.05) is 53.4 Å². The first-order chi connectivity index (χ1) is 13.2. The van der Waals surface area contributed by atoms with Crippen molar-refractivity contribution in [2.75, 3.05) is 44.9 Å². The molecule has 0 saturated carbocycles. The molecule has 1 aliphatic rings. The van der Waals surface area contributed by atoms with Crippen LogP contribution in [0.25, 0.3) is 0 Å². The molecule has 0 radical (unpaired) electrons. The number of nitrogens with zero attached hydrogens (tertiary/aromatic N) is 2. The molecule has 27 heavy (non-hydrogen) atoms. The van der Waals surface area contributed by atoms with Gasteiger partial charge in [-0.2, -0.15) is 0 Å². The minimum absolute atomic E-state index is 0.0938. The fraction of sp³-hybridized carbons (Fsp3) is 0.381. The minimum Gasteiger partial charge on any atom is -0.495 e. The van der Waals surface area contributed by atoms with Crippen LogP contribution in [0.3, 0.4) is 0 Å². The summed E-state index contributed by atoms with van der Waals surface area (Å²) in [5.74, 6) is 1.68. The number of methoxy groups -OCH3 is 1. The van der Waals surface area contributed by atoms with Crippen molar-refractivity contribution in [1.29, 1.82) is 0 Å². The molecule has 0 spiro atoms. The minimum atomic E-state index is -0.0938. The van der Waals surface area contributed by atoms with E-state index in [0.717, 1.165) is 42.3 Å². The van der Waals surface area contributed by atoms with Gasteiger partial charge in [-0.1, -0.05) is 37.3 Å². The molecule has 1 heterocycles. The number of para-hydroxylation sites is 3. The van der Waals surface area contributed by atoms with Crippen molar-refractivity contribution in [2.24, 2.45) is 0 Å². The summed E-state index contributed by atoms with van der Waals surface area (Å²) in [6.07, 6.45) is 0.898. The number of aryl methyl sites for hydroxylation is 1. The van der Waals surface area contributed by atoms with Crippen molar-refractivity contribution < 1.29 is 14.3 Å². The molecular weight excluding hydrogens is 342 g/mol. The predicted octanol–water partition coefficient (Wildman–Crippen LogP) is 3.13. The summed E-state index contributed by atoms with van der Waals surface area (Å²) in [6, 6.07) is 15.8. The van der Waals surface area contributed by atoms with Crippen LogP contribution in [0, 0.1) is 0 Å². The highest BCUT2D eigenvalue weighted by molar-refractivity contribution is 5.74. The Balaban J connectivity index is 1.47. The largest absolute Gasteiger partial charge is 0.495 e. The number of rotatable bonds is 6. The Morgan fingerprint density at radius 2 is 1.67 bits per heavy atom. The number of ether oxygens (including phenoxy) is 2. The summed E-state index contributed by atoms with van der Waals surface area (Å²) in [5, 5.41) is 2.85. The quantitative estimate of drug-likeness (QED) is 0.795. The Bertz CT molecular complexity index is 758. The third-order valence-corrected chi connectivity index (χ3v) is 4.80. The molecule has 2 aromatic rings. The molecule has 1 saturated heterocycles. The third kappa shape index (κ3) is 4.64. The fourth-order valence-electron chi connectivity index (χ4n) is 3.27. The van der Waals surface area contributed by atoms with Crippen LogP contribution in [0.5, 0.6) is 11.5 Å². The smallest absolute Gasteiger partial charge is 0.320 e. The molecule has 6 nitrogen and oxygen atoms in total. The van der Waals surface area contributed by atoms with Gasteiger partial charge in [-0.25, -0.2) is 4.79 Å². The van der Waals surface area contributed by atoms with Crippen LogP contribution in [0.1, 0.15) is 12.5 Å². The van der Waals surface area contributed by atoms with Crippen LogP contribution in [0.15, 0.2) is 48.5 Å². The van der Waals surface area contributed by atoms with Gasteiger partial charge < -0.3 is 24.6 Å². The Morgan fingerprint density at radius 3 is 2.37 bits per heavy atom. The van der Waals surface area contributed by atoms with Gasteiger partial charge in [0.25, 0.3) is 0 Å². The van der Waals surface area contributed by atoms with E-state index in [2.05, 4.69) is 17.1 Å². The third-order valence-electron chi connectivity index (χ3n) is 4.80. The molecule has 1 aliphatic heterocycles. The Kier molecular flexibility index (Phi) is 6.41. The lowest BCUT2D eigenvalue weighted by molar-refractivity contribution is 0.181. The van der Waals surface area contributed by atoms with Gasteiger partial charge in [-0.15, -0.1) is 0 Å². The topological polar surface area (TPSA) is 54.0 Å². The maximum absolute atomic E-state index is 12.4. The molecular formula is C21H27N3O3. The van der Waals surface area contributed by atoms with E-state index in [1.165, 1.54) is 0 Å². The van der Waals surface area contributed by atoms with Crippen LogP contribution >= 0.6 is 0 Å². The van der Waals surface area contributed by atoms with Crippen molar-refractivity contribution in [3.8, 4) is 11.5 Å². The monoisotopic (exact) mass is 369 g/mol. The highest BCUT2D eigenvalue weighted by Crippen LogP contribution is 2.28. The fourth-order valence-corrected chi connectivity index (χ4v) is 3.27. The Labute approximate surface area is 160 Å². The number of carbonyl (C=O) groups excluding carboxylic acids is 1. The zero-order valence-corrected chi connectivity index (χ0v) is 16.0. The number of amides is 2. The number of anilines is 1. The summed E-state index contributed by atoms with van der Waals surface area (Å²) < 4.78 is 11.2. The van der Waals surface area contributed by atoms with Gasteiger partial charge in [0.05, 0.1) is 12.8 Å². The summed E-state index contributed by atoms with van der Waals surface area (Å²) in [6.45, 7) is 5.12. The summed E-state index contributed by atoms with van der Waals surface area (Å²) in [5.41, 5.74) is 2.21. The normalized spacial score (nSPS) is 14.0. The second kappa shape index (κ2) is 9.16. The van der Waals surface area contributed by atoms with Gasteiger partial charge in [0.15, 0.2) is 6.73 Å². The molecule has 2 amide bonds. The highest BCUT2D eigenvalue weighted by Gasteiger charge is 2.22. The Morgan fingerprint density at radius 1 is 1.00 bits per heavy atom. The summed E-state index contributed by atoms with van der Waals surface area (Å²) >= 11 is 0. The average Bonchev–Trinajstić information content (AvgIpc) is 2.74. The van der Waals surface area contributed by atoms with Crippen LogP contribution < -0.4 is 19.7 Å². The van der Waals surface area contributed by atoms with Gasteiger partial charge in [0.1, 0.15) is 11.5 Å². The number of piperazine rings is 1. The lowest BCUT2D eigenvalue weighted by Crippen LogP contribution is -2.52. The van der Waals surface area contributed by atoms with Gasteiger partial charge in [-0.05, 0) is 30.2 Å². The molecule has 0 bridgehead atoms.